The number of nitrogens with one attached hydrogen (secondary N) is 1. The molecule has 98 valence electrons. The number of aromatic hydroxyl groups is 1. The van der Waals surface area contributed by atoms with Crippen LogP contribution in [0, 0.1) is 6.92 Å². The molecule has 1 heterocycles. The largest absolute Gasteiger partial charge is 0.508 e. The summed E-state index contributed by atoms with van der Waals surface area (Å²) in [6, 6.07) is 2.55. The molecule has 1 unspecified atom stereocenters. The topological polar surface area (TPSA) is 32.3 Å². The smallest absolute Gasteiger partial charge is 0.119 e. The van der Waals surface area contributed by atoms with Crippen molar-refractivity contribution < 1.29 is 5.11 Å². The third-order valence-electron chi connectivity index (χ3n) is 4.58. The van der Waals surface area contributed by atoms with Gasteiger partial charge in [0.1, 0.15) is 5.75 Å². The van der Waals surface area contributed by atoms with E-state index in [1.54, 1.807) is 0 Å². The van der Waals surface area contributed by atoms with Gasteiger partial charge < -0.3 is 10.4 Å². The van der Waals surface area contributed by atoms with Gasteiger partial charge in [-0.15, -0.1) is 0 Å². The van der Waals surface area contributed by atoms with E-state index in [-0.39, 0.29) is 0 Å². The molecule has 2 heteroatoms. The lowest BCUT2D eigenvalue weighted by atomic mass is 9.83. The SMILES string of the molecule is Cc1cc(O)c(CC2CCCN2)c2c1CCCC2. The van der Waals surface area contributed by atoms with Crippen LogP contribution in [0.25, 0.3) is 0 Å². The van der Waals surface area contributed by atoms with Gasteiger partial charge in [-0.05, 0) is 86.7 Å². The van der Waals surface area contributed by atoms with Gasteiger partial charge in [0, 0.05) is 6.04 Å². The Morgan fingerprint density at radius 3 is 2.72 bits per heavy atom. The van der Waals surface area contributed by atoms with Gasteiger partial charge in [0.2, 0.25) is 0 Å². The predicted octanol–water partition coefficient (Wildman–Crippen LogP) is 2.87. The summed E-state index contributed by atoms with van der Waals surface area (Å²) in [5.74, 6) is 0.529. The van der Waals surface area contributed by atoms with Crippen molar-refractivity contribution in [3.63, 3.8) is 0 Å². The molecule has 0 saturated carbocycles. The fourth-order valence-electron chi connectivity index (χ4n) is 3.61. The molecule has 2 N–H and O–H groups in total. The Labute approximate surface area is 109 Å². The van der Waals surface area contributed by atoms with E-state index >= 15 is 0 Å². The Kier molecular flexibility index (Phi) is 3.29. The van der Waals surface area contributed by atoms with E-state index in [2.05, 4.69) is 12.2 Å². The lowest BCUT2D eigenvalue weighted by Gasteiger charge is -2.24. The molecule has 0 aromatic heterocycles. The maximum absolute atomic E-state index is 10.3. The van der Waals surface area contributed by atoms with E-state index in [9.17, 15) is 5.11 Å². The van der Waals surface area contributed by atoms with E-state index in [0.717, 1.165) is 19.4 Å². The van der Waals surface area contributed by atoms with E-state index < -0.39 is 0 Å². The molecule has 0 amide bonds. The molecular weight excluding hydrogens is 222 g/mol. The van der Waals surface area contributed by atoms with Crippen molar-refractivity contribution in [2.24, 2.45) is 0 Å². The second-order valence-electron chi connectivity index (χ2n) is 5.85. The number of phenols is 1. The number of hydrogen-bond acceptors (Lipinski definition) is 2. The monoisotopic (exact) mass is 245 g/mol. The van der Waals surface area contributed by atoms with Gasteiger partial charge in [0.15, 0.2) is 0 Å². The molecule has 1 aromatic rings. The molecule has 1 aliphatic heterocycles. The average Bonchev–Trinajstić information content (AvgIpc) is 2.87. The molecule has 1 saturated heterocycles. The normalized spacial score (nSPS) is 23.1. The molecule has 1 fully saturated rings. The first kappa shape index (κ1) is 12.0. The summed E-state index contributed by atoms with van der Waals surface area (Å²) in [4.78, 5) is 0. The van der Waals surface area contributed by atoms with Crippen LogP contribution < -0.4 is 5.32 Å². The lowest BCUT2D eigenvalue weighted by molar-refractivity contribution is 0.458. The Morgan fingerprint density at radius 2 is 2.00 bits per heavy atom. The van der Waals surface area contributed by atoms with Crippen molar-refractivity contribution in [3.05, 3.63) is 28.3 Å². The third kappa shape index (κ3) is 2.14. The highest BCUT2D eigenvalue weighted by Crippen LogP contribution is 2.34. The summed E-state index contributed by atoms with van der Waals surface area (Å²) in [6.07, 6.45) is 8.48. The minimum atomic E-state index is 0.529. The predicted molar refractivity (Wildman–Crippen MR) is 74.2 cm³/mol. The van der Waals surface area contributed by atoms with Crippen molar-refractivity contribution in [1.29, 1.82) is 0 Å². The summed E-state index contributed by atoms with van der Waals surface area (Å²) < 4.78 is 0. The Hall–Kier alpha value is -1.02. The summed E-state index contributed by atoms with van der Waals surface area (Å²) in [5.41, 5.74) is 5.50. The van der Waals surface area contributed by atoms with E-state index in [0.29, 0.717) is 11.8 Å². The standard InChI is InChI=1S/C16H23NO/c1-11-9-16(18)15(10-12-5-4-8-17-12)14-7-3-2-6-13(11)14/h9,12,17-18H,2-8,10H2,1H3. The minimum absolute atomic E-state index is 0.529. The number of hydrogen-bond donors (Lipinski definition) is 2. The number of fused-ring (bicyclic) bond motifs is 1. The van der Waals surface area contributed by atoms with Gasteiger partial charge in [-0.3, -0.25) is 0 Å². The van der Waals surface area contributed by atoms with E-state index in [4.69, 9.17) is 0 Å². The van der Waals surface area contributed by atoms with Crippen LogP contribution >= 0.6 is 0 Å². The number of rotatable bonds is 2. The highest BCUT2D eigenvalue weighted by atomic mass is 16.3. The summed E-state index contributed by atoms with van der Waals surface area (Å²) in [5, 5.41) is 13.8. The zero-order valence-electron chi connectivity index (χ0n) is 11.3. The first-order valence-electron chi connectivity index (χ1n) is 7.32. The fourth-order valence-corrected chi connectivity index (χ4v) is 3.61. The van der Waals surface area contributed by atoms with Gasteiger partial charge >= 0.3 is 0 Å². The zero-order chi connectivity index (χ0) is 12.5. The molecule has 0 bridgehead atoms. The molecule has 2 nitrogen and oxygen atoms in total. The van der Waals surface area contributed by atoms with Crippen molar-refractivity contribution in [2.45, 2.75) is 57.9 Å². The van der Waals surface area contributed by atoms with Crippen LogP contribution in [-0.2, 0) is 19.3 Å². The zero-order valence-corrected chi connectivity index (χ0v) is 11.3. The van der Waals surface area contributed by atoms with Gasteiger partial charge in [0.25, 0.3) is 0 Å². The van der Waals surface area contributed by atoms with Crippen LogP contribution in [0.4, 0.5) is 0 Å². The molecule has 0 radical (unpaired) electrons. The second kappa shape index (κ2) is 4.93. The van der Waals surface area contributed by atoms with Crippen molar-refractivity contribution in [2.75, 3.05) is 6.54 Å². The Balaban J connectivity index is 1.96. The summed E-state index contributed by atoms with van der Waals surface area (Å²) in [7, 11) is 0. The lowest BCUT2D eigenvalue weighted by Crippen LogP contribution is -2.25. The quantitative estimate of drug-likeness (QED) is 0.839. The van der Waals surface area contributed by atoms with Gasteiger partial charge in [-0.1, -0.05) is 0 Å². The fraction of sp³-hybridized carbons (Fsp3) is 0.625. The van der Waals surface area contributed by atoms with Gasteiger partial charge in [-0.2, -0.15) is 0 Å². The maximum atomic E-state index is 10.3. The van der Waals surface area contributed by atoms with E-state index in [1.165, 1.54) is 54.4 Å². The van der Waals surface area contributed by atoms with Crippen LogP contribution in [-0.4, -0.2) is 17.7 Å². The van der Waals surface area contributed by atoms with Crippen LogP contribution in [0.2, 0.25) is 0 Å². The van der Waals surface area contributed by atoms with E-state index in [1.807, 2.05) is 6.07 Å². The molecule has 1 aromatic carbocycles. The number of phenolic OH excluding ortho intramolecular Hbond substituents is 1. The van der Waals surface area contributed by atoms with Gasteiger partial charge in [-0.25, -0.2) is 0 Å². The van der Waals surface area contributed by atoms with Crippen LogP contribution in [0.5, 0.6) is 5.75 Å². The first-order valence-corrected chi connectivity index (χ1v) is 7.32. The maximum Gasteiger partial charge on any atom is 0.119 e. The molecule has 1 aliphatic carbocycles. The molecule has 3 rings (SSSR count). The Bertz CT molecular complexity index is 447. The second-order valence-corrected chi connectivity index (χ2v) is 5.85. The third-order valence-corrected chi connectivity index (χ3v) is 4.58. The number of aryl methyl sites for hydroxylation is 1. The average molecular weight is 245 g/mol. The molecular formula is C16H23NO. The first-order chi connectivity index (χ1) is 8.75. The summed E-state index contributed by atoms with van der Waals surface area (Å²) in [6.45, 7) is 3.28. The Morgan fingerprint density at radius 1 is 1.22 bits per heavy atom. The van der Waals surface area contributed by atoms with Crippen molar-refractivity contribution in [3.8, 4) is 5.75 Å². The highest BCUT2D eigenvalue weighted by Gasteiger charge is 2.22. The van der Waals surface area contributed by atoms with Crippen molar-refractivity contribution in [1.82, 2.24) is 5.32 Å². The van der Waals surface area contributed by atoms with Gasteiger partial charge in [0.05, 0.1) is 0 Å². The van der Waals surface area contributed by atoms with Crippen LogP contribution in [0.1, 0.15) is 47.9 Å². The summed E-state index contributed by atoms with van der Waals surface area (Å²) >= 11 is 0. The highest BCUT2D eigenvalue weighted by molar-refractivity contribution is 5.50. The van der Waals surface area contributed by atoms with Crippen LogP contribution in [0.3, 0.4) is 0 Å². The molecule has 18 heavy (non-hydrogen) atoms. The molecule has 1 atom stereocenters. The van der Waals surface area contributed by atoms with Crippen LogP contribution in [0.15, 0.2) is 6.07 Å². The minimum Gasteiger partial charge on any atom is -0.508 e. The van der Waals surface area contributed by atoms with Crippen molar-refractivity contribution >= 4 is 0 Å². The number of benzene rings is 1. The molecule has 2 aliphatic rings. The molecule has 0 spiro atoms.